The van der Waals surface area contributed by atoms with E-state index in [0.29, 0.717) is 0 Å². The van der Waals surface area contributed by atoms with E-state index in [1.807, 2.05) is 19.1 Å². The van der Waals surface area contributed by atoms with E-state index in [0.717, 1.165) is 19.3 Å². The highest BCUT2D eigenvalue weighted by Crippen LogP contribution is 2.04. The van der Waals surface area contributed by atoms with Crippen molar-refractivity contribution in [3.05, 3.63) is 47.9 Å². The molecule has 0 aromatic rings. The minimum absolute atomic E-state index is 0.186. The van der Waals surface area contributed by atoms with Crippen molar-refractivity contribution in [3.8, 4) is 0 Å². The summed E-state index contributed by atoms with van der Waals surface area (Å²) in [6.07, 6.45) is 18.8. The van der Waals surface area contributed by atoms with Crippen molar-refractivity contribution in [1.82, 2.24) is 0 Å². The summed E-state index contributed by atoms with van der Waals surface area (Å²) in [7, 11) is 0. The Labute approximate surface area is 160 Å². The van der Waals surface area contributed by atoms with Gasteiger partial charge in [-0.1, -0.05) is 36.8 Å². The quantitative estimate of drug-likeness (QED) is 0.161. The Morgan fingerprint density at radius 3 is 2.42 bits per heavy atom. The molecule has 0 radical (unpaired) electrons. The molecule has 0 bridgehead atoms. The van der Waals surface area contributed by atoms with Gasteiger partial charge in [-0.15, -0.1) is 11.8 Å². The van der Waals surface area contributed by atoms with Gasteiger partial charge in [-0.2, -0.15) is 0 Å². The van der Waals surface area contributed by atoms with Gasteiger partial charge in [-0.3, -0.25) is 0 Å². The third-order valence-corrected chi connectivity index (χ3v) is 3.60. The number of aliphatic hydroxyl groups excluding tert-OH is 1. The molecule has 0 rings (SSSR count). The van der Waals surface area contributed by atoms with Gasteiger partial charge in [-0.25, -0.2) is 9.59 Å². The number of aliphatic hydroxyl groups is 1. The van der Waals surface area contributed by atoms with Gasteiger partial charge < -0.3 is 14.6 Å². The lowest BCUT2D eigenvalue weighted by Gasteiger charge is -2.13. The molecule has 0 aliphatic rings. The first-order valence-corrected chi connectivity index (χ1v) is 10.0. The molecule has 0 aromatic carbocycles. The predicted octanol–water partition coefficient (Wildman–Crippen LogP) is 3.95. The number of hydrogen-bond donors (Lipinski definition) is 1. The Bertz CT molecular complexity index is 494. The van der Waals surface area contributed by atoms with E-state index < -0.39 is 24.6 Å². The van der Waals surface area contributed by atoms with E-state index in [4.69, 9.17) is 14.6 Å². The van der Waals surface area contributed by atoms with Crippen LogP contribution in [0, 0.1) is 0 Å². The second-order valence-electron chi connectivity index (χ2n) is 5.40. The normalized spacial score (nSPS) is 13.2. The second kappa shape index (κ2) is 18.0. The first kappa shape index (κ1) is 24.2. The molecule has 0 saturated carbocycles. The van der Waals surface area contributed by atoms with Crippen molar-refractivity contribution in [3.63, 3.8) is 0 Å². The van der Waals surface area contributed by atoms with Crippen molar-refractivity contribution in [1.29, 1.82) is 0 Å². The maximum atomic E-state index is 11.6. The van der Waals surface area contributed by atoms with Crippen molar-refractivity contribution in [2.75, 3.05) is 19.5 Å². The van der Waals surface area contributed by atoms with Gasteiger partial charge in [0, 0.05) is 12.2 Å². The van der Waals surface area contributed by atoms with E-state index in [2.05, 4.69) is 12.2 Å². The summed E-state index contributed by atoms with van der Waals surface area (Å²) in [6, 6.07) is 0. The van der Waals surface area contributed by atoms with Gasteiger partial charge in [0.2, 0.25) is 0 Å². The van der Waals surface area contributed by atoms with Gasteiger partial charge in [0.15, 0.2) is 6.10 Å². The zero-order chi connectivity index (χ0) is 19.5. The molecule has 0 aliphatic carbocycles. The minimum atomic E-state index is -0.871. The lowest BCUT2D eigenvalue weighted by atomic mass is 10.1. The lowest BCUT2D eigenvalue weighted by Crippen LogP contribution is -2.27. The third-order valence-electron chi connectivity index (χ3n) is 3.19. The van der Waals surface area contributed by atoms with Gasteiger partial charge in [0.1, 0.15) is 6.61 Å². The van der Waals surface area contributed by atoms with Gasteiger partial charge in [0.05, 0.1) is 6.61 Å². The van der Waals surface area contributed by atoms with E-state index >= 15 is 0 Å². The number of allylic oxidation sites excluding steroid dienone is 5. The molecular formula is C20H30O5S. The van der Waals surface area contributed by atoms with Crippen LogP contribution in [0.4, 0.5) is 0 Å². The average molecular weight is 383 g/mol. The molecule has 6 heteroatoms. The standard InChI is InChI=1S/C20H30O5S/c1-3-4-5-6-7-8-9-10-11-12-13-19(22)24-17-18(16-21)25-20(23)14-15-26-2/h3-4,10-15,18,21H,5-9,16-17H2,1-2H3/b4-3+,11-10+,13-12-,15-14+/t18-/m0/s1. The van der Waals surface area contributed by atoms with Crippen LogP contribution in [0.2, 0.25) is 0 Å². The number of carbonyl (C=O) groups is 2. The summed E-state index contributed by atoms with van der Waals surface area (Å²) in [6.45, 7) is 1.43. The van der Waals surface area contributed by atoms with Crippen LogP contribution in [0.3, 0.4) is 0 Å². The molecule has 0 amide bonds. The minimum Gasteiger partial charge on any atom is -0.458 e. The number of esters is 2. The number of thioether (sulfide) groups is 1. The zero-order valence-corrected chi connectivity index (χ0v) is 16.5. The fraction of sp³-hybridized carbons (Fsp3) is 0.500. The first-order valence-electron chi connectivity index (χ1n) is 8.76. The summed E-state index contributed by atoms with van der Waals surface area (Å²) in [4.78, 5) is 23.0. The SMILES string of the molecule is C/C=C/CCCCC/C=C/C=C\C(=O)OC[C@H](CO)OC(=O)/C=C/SC. The number of hydrogen-bond acceptors (Lipinski definition) is 6. The highest BCUT2D eigenvalue weighted by Gasteiger charge is 2.13. The summed E-state index contributed by atoms with van der Waals surface area (Å²) in [5, 5.41) is 10.7. The predicted molar refractivity (Wildman–Crippen MR) is 107 cm³/mol. The summed E-state index contributed by atoms with van der Waals surface area (Å²) >= 11 is 1.36. The highest BCUT2D eigenvalue weighted by atomic mass is 32.2. The smallest absolute Gasteiger partial charge is 0.331 e. The zero-order valence-electron chi connectivity index (χ0n) is 15.6. The molecule has 5 nitrogen and oxygen atoms in total. The topological polar surface area (TPSA) is 72.8 Å². The average Bonchev–Trinajstić information content (AvgIpc) is 2.64. The Morgan fingerprint density at radius 2 is 1.77 bits per heavy atom. The van der Waals surface area contributed by atoms with Crippen LogP contribution in [-0.2, 0) is 19.1 Å². The Balaban J connectivity index is 3.90. The van der Waals surface area contributed by atoms with E-state index in [1.54, 1.807) is 17.7 Å². The van der Waals surface area contributed by atoms with Crippen molar-refractivity contribution in [2.24, 2.45) is 0 Å². The Hall–Kier alpha value is -1.79. The molecule has 0 aliphatic heterocycles. The van der Waals surface area contributed by atoms with Crippen molar-refractivity contribution >= 4 is 23.7 Å². The van der Waals surface area contributed by atoms with Crippen LogP contribution in [-0.4, -0.2) is 42.6 Å². The van der Waals surface area contributed by atoms with Crippen molar-refractivity contribution < 1.29 is 24.2 Å². The van der Waals surface area contributed by atoms with E-state index in [9.17, 15) is 9.59 Å². The van der Waals surface area contributed by atoms with Crippen LogP contribution in [0.15, 0.2) is 47.9 Å². The van der Waals surface area contributed by atoms with Crippen LogP contribution < -0.4 is 0 Å². The fourth-order valence-corrected chi connectivity index (χ4v) is 2.10. The van der Waals surface area contributed by atoms with Crippen molar-refractivity contribution in [2.45, 2.75) is 45.1 Å². The summed E-state index contributed by atoms with van der Waals surface area (Å²) < 4.78 is 9.90. The van der Waals surface area contributed by atoms with Crippen LogP contribution in [0.5, 0.6) is 0 Å². The summed E-state index contributed by atoms with van der Waals surface area (Å²) in [5.74, 6) is -1.13. The van der Waals surface area contributed by atoms with Crippen LogP contribution >= 0.6 is 11.8 Å². The second-order valence-corrected chi connectivity index (χ2v) is 6.15. The van der Waals surface area contributed by atoms with E-state index in [1.165, 1.54) is 36.8 Å². The van der Waals surface area contributed by atoms with E-state index in [-0.39, 0.29) is 6.61 Å². The molecule has 0 aromatic heterocycles. The maximum absolute atomic E-state index is 11.6. The molecule has 0 unspecified atom stereocenters. The molecule has 146 valence electrons. The molecule has 1 N–H and O–H groups in total. The third kappa shape index (κ3) is 15.7. The molecular weight excluding hydrogens is 352 g/mol. The number of ether oxygens (including phenoxy) is 2. The maximum Gasteiger partial charge on any atom is 0.331 e. The Morgan fingerprint density at radius 1 is 1.04 bits per heavy atom. The molecule has 0 saturated heterocycles. The number of rotatable bonds is 14. The molecule has 1 atom stereocenters. The monoisotopic (exact) mass is 382 g/mol. The number of unbranched alkanes of at least 4 members (excludes halogenated alkanes) is 4. The largest absolute Gasteiger partial charge is 0.458 e. The number of carbonyl (C=O) groups excluding carboxylic acids is 2. The molecule has 0 fully saturated rings. The fourth-order valence-electron chi connectivity index (χ4n) is 1.85. The summed E-state index contributed by atoms with van der Waals surface area (Å²) in [5.41, 5.74) is 0. The molecule has 0 heterocycles. The van der Waals surface area contributed by atoms with Gasteiger partial charge in [0.25, 0.3) is 0 Å². The van der Waals surface area contributed by atoms with Crippen LogP contribution in [0.1, 0.15) is 39.0 Å². The van der Waals surface area contributed by atoms with Crippen LogP contribution in [0.25, 0.3) is 0 Å². The molecule has 0 spiro atoms. The van der Waals surface area contributed by atoms with Gasteiger partial charge in [-0.05, 0) is 44.3 Å². The molecule has 26 heavy (non-hydrogen) atoms. The van der Waals surface area contributed by atoms with Gasteiger partial charge >= 0.3 is 11.9 Å². The first-order chi connectivity index (χ1) is 12.6. The lowest BCUT2D eigenvalue weighted by molar-refractivity contribution is -0.154. The Kier molecular flexibility index (Phi) is 16.8. The highest BCUT2D eigenvalue weighted by molar-refractivity contribution is 8.01.